The Kier molecular flexibility index (Phi) is 6.69. The van der Waals surface area contributed by atoms with Gasteiger partial charge in [-0.1, -0.05) is 12.1 Å². The molecule has 5 rings (SSSR count). The lowest BCUT2D eigenvalue weighted by molar-refractivity contribution is 0.0499. The van der Waals surface area contributed by atoms with Crippen LogP contribution in [0, 0.1) is 12.7 Å². The van der Waals surface area contributed by atoms with Gasteiger partial charge in [-0.15, -0.1) is 0 Å². The van der Waals surface area contributed by atoms with Gasteiger partial charge in [0.2, 0.25) is 0 Å². The van der Waals surface area contributed by atoms with Gasteiger partial charge in [-0.3, -0.25) is 9.48 Å². The van der Waals surface area contributed by atoms with Gasteiger partial charge in [0.15, 0.2) is 0 Å². The number of rotatable bonds is 7. The smallest absolute Gasteiger partial charge is 0.272 e. The van der Waals surface area contributed by atoms with Gasteiger partial charge in [0.1, 0.15) is 17.3 Å². The summed E-state index contributed by atoms with van der Waals surface area (Å²) in [5, 5.41) is 5.16. The van der Waals surface area contributed by atoms with Crippen LogP contribution in [0.25, 0.3) is 22.2 Å². The first-order chi connectivity index (χ1) is 17.4. The summed E-state index contributed by atoms with van der Waals surface area (Å²) < 4.78 is 27.2. The van der Waals surface area contributed by atoms with Crippen LogP contribution in [0.1, 0.15) is 34.6 Å². The molecule has 3 heterocycles. The van der Waals surface area contributed by atoms with Crippen molar-refractivity contribution in [3.05, 3.63) is 77.4 Å². The lowest BCUT2D eigenvalue weighted by atomic mass is 10.0. The molecule has 1 aliphatic rings. The van der Waals surface area contributed by atoms with Gasteiger partial charge in [0, 0.05) is 43.8 Å². The summed E-state index contributed by atoms with van der Waals surface area (Å²) in [4.78, 5) is 20.4. The lowest BCUT2D eigenvalue weighted by Crippen LogP contribution is -2.38. The Balaban J connectivity index is 1.62. The van der Waals surface area contributed by atoms with Crippen LogP contribution in [-0.4, -0.2) is 51.9 Å². The minimum Gasteiger partial charge on any atom is -0.496 e. The second-order valence-corrected chi connectivity index (χ2v) is 9.15. The zero-order valence-electron chi connectivity index (χ0n) is 20.7. The number of methoxy groups -OCH3 is 1. The van der Waals surface area contributed by atoms with Crippen molar-refractivity contribution in [3.63, 3.8) is 0 Å². The minimum absolute atomic E-state index is 0.0273. The van der Waals surface area contributed by atoms with Crippen LogP contribution in [0.2, 0.25) is 0 Å². The van der Waals surface area contributed by atoms with Crippen molar-refractivity contribution in [2.24, 2.45) is 7.05 Å². The van der Waals surface area contributed by atoms with Crippen molar-refractivity contribution in [1.82, 2.24) is 19.7 Å². The van der Waals surface area contributed by atoms with Gasteiger partial charge >= 0.3 is 0 Å². The number of para-hydroxylation sites is 1. The average Bonchev–Trinajstić information content (AvgIpc) is 3.51. The number of halogens is 1. The van der Waals surface area contributed by atoms with Crippen LogP contribution in [0.4, 0.5) is 4.39 Å². The lowest BCUT2D eigenvalue weighted by Gasteiger charge is -2.27. The number of hydrogen-bond acceptors (Lipinski definition) is 5. The van der Waals surface area contributed by atoms with E-state index in [-0.39, 0.29) is 17.8 Å². The van der Waals surface area contributed by atoms with Crippen LogP contribution >= 0.6 is 0 Å². The summed E-state index contributed by atoms with van der Waals surface area (Å²) in [7, 11) is 3.38. The molecule has 186 valence electrons. The van der Waals surface area contributed by atoms with E-state index >= 15 is 0 Å². The number of pyridine rings is 1. The number of aromatic nitrogens is 3. The summed E-state index contributed by atoms with van der Waals surface area (Å²) in [6.45, 7) is 3.33. The number of fused-ring (bicyclic) bond motifs is 1. The molecule has 1 fully saturated rings. The quantitative estimate of drug-likeness (QED) is 0.370. The molecule has 36 heavy (non-hydrogen) atoms. The largest absolute Gasteiger partial charge is 0.496 e. The average molecular weight is 489 g/mol. The molecule has 1 saturated heterocycles. The number of nitrogens with zero attached hydrogens (tertiary/aromatic N) is 4. The van der Waals surface area contributed by atoms with Gasteiger partial charge in [-0.25, -0.2) is 9.37 Å². The molecule has 0 N–H and O–H groups in total. The SMILES string of the molecule is COc1ccccc1-c1nc2cc(F)ccc2cc1CN(CC1CCCO1)C(=O)c1cc(C)nn1C. The van der Waals surface area contributed by atoms with E-state index in [4.69, 9.17) is 14.5 Å². The summed E-state index contributed by atoms with van der Waals surface area (Å²) >= 11 is 0. The highest BCUT2D eigenvalue weighted by molar-refractivity contribution is 5.93. The Morgan fingerprint density at radius 2 is 2.06 bits per heavy atom. The van der Waals surface area contributed by atoms with Gasteiger partial charge in [0.25, 0.3) is 5.91 Å². The highest BCUT2D eigenvalue weighted by atomic mass is 19.1. The molecule has 4 aromatic rings. The predicted molar refractivity (Wildman–Crippen MR) is 135 cm³/mol. The van der Waals surface area contributed by atoms with Crippen molar-refractivity contribution >= 4 is 16.8 Å². The predicted octanol–water partition coefficient (Wildman–Crippen LogP) is 4.91. The number of hydrogen-bond donors (Lipinski definition) is 0. The summed E-state index contributed by atoms with van der Waals surface area (Å²) in [5.74, 6) is 0.176. The number of ether oxygens (including phenoxy) is 2. The third-order valence-corrected chi connectivity index (χ3v) is 6.54. The zero-order chi connectivity index (χ0) is 25.2. The number of aryl methyl sites for hydroxylation is 2. The number of carbonyl (C=O) groups excluding carboxylic acids is 1. The maximum absolute atomic E-state index is 14.0. The zero-order valence-corrected chi connectivity index (χ0v) is 20.7. The molecule has 2 aromatic heterocycles. The van der Waals surface area contributed by atoms with E-state index in [0.29, 0.717) is 42.4 Å². The van der Waals surface area contributed by atoms with Crippen molar-refractivity contribution < 1.29 is 18.7 Å². The van der Waals surface area contributed by atoms with Gasteiger partial charge in [-0.2, -0.15) is 5.10 Å². The van der Waals surface area contributed by atoms with Crippen LogP contribution in [-0.2, 0) is 18.3 Å². The first kappa shape index (κ1) is 23.9. The van der Waals surface area contributed by atoms with Crippen LogP contribution in [0.5, 0.6) is 5.75 Å². The molecule has 1 unspecified atom stereocenters. The van der Waals surface area contributed by atoms with Crippen molar-refractivity contribution in [2.45, 2.75) is 32.4 Å². The normalized spacial score (nSPS) is 15.4. The molecule has 1 atom stereocenters. The Bertz CT molecular complexity index is 1410. The van der Waals surface area contributed by atoms with Gasteiger partial charge < -0.3 is 14.4 Å². The molecule has 8 heteroatoms. The molecule has 0 bridgehead atoms. The Labute approximate surface area is 209 Å². The molecule has 1 aliphatic heterocycles. The van der Waals surface area contributed by atoms with E-state index in [1.807, 2.05) is 37.3 Å². The molecular weight excluding hydrogens is 459 g/mol. The highest BCUT2D eigenvalue weighted by Crippen LogP contribution is 2.34. The molecule has 1 amide bonds. The van der Waals surface area contributed by atoms with Crippen molar-refractivity contribution in [2.75, 3.05) is 20.3 Å². The van der Waals surface area contributed by atoms with Gasteiger partial charge in [-0.05, 0) is 61.7 Å². The van der Waals surface area contributed by atoms with E-state index in [1.54, 1.807) is 35.9 Å². The maximum atomic E-state index is 14.0. The maximum Gasteiger partial charge on any atom is 0.272 e. The molecule has 2 aromatic carbocycles. The molecule has 0 spiro atoms. The standard InChI is InChI=1S/C28H29FN4O3/c1-18-13-25(32(2)31-18)28(34)33(17-22-7-6-12-36-22)16-20-14-19-10-11-21(29)15-24(19)30-27(20)23-8-4-5-9-26(23)35-3/h4-5,8-11,13-15,22H,6-7,12,16-17H2,1-3H3. The third kappa shape index (κ3) is 4.81. The Hall–Kier alpha value is -3.78. The van der Waals surface area contributed by atoms with E-state index < -0.39 is 0 Å². The van der Waals surface area contributed by atoms with E-state index in [2.05, 4.69) is 5.10 Å². The first-order valence-electron chi connectivity index (χ1n) is 12.1. The first-order valence-corrected chi connectivity index (χ1v) is 12.1. The third-order valence-electron chi connectivity index (χ3n) is 6.54. The molecule has 0 aliphatic carbocycles. The second-order valence-electron chi connectivity index (χ2n) is 9.15. The topological polar surface area (TPSA) is 69.5 Å². The fraction of sp³-hybridized carbons (Fsp3) is 0.321. The van der Waals surface area contributed by atoms with E-state index in [0.717, 1.165) is 35.0 Å². The van der Waals surface area contributed by atoms with Crippen LogP contribution in [0.15, 0.2) is 54.6 Å². The molecule has 7 nitrogen and oxygen atoms in total. The molecule has 0 saturated carbocycles. The monoisotopic (exact) mass is 488 g/mol. The fourth-order valence-electron chi connectivity index (χ4n) is 4.81. The number of amides is 1. The van der Waals surface area contributed by atoms with Crippen LogP contribution < -0.4 is 4.74 Å². The minimum atomic E-state index is -0.351. The van der Waals surface area contributed by atoms with Crippen LogP contribution in [0.3, 0.4) is 0 Å². The highest BCUT2D eigenvalue weighted by Gasteiger charge is 2.27. The Morgan fingerprint density at radius 1 is 1.22 bits per heavy atom. The fourth-order valence-corrected chi connectivity index (χ4v) is 4.81. The van der Waals surface area contributed by atoms with E-state index in [9.17, 15) is 9.18 Å². The summed E-state index contributed by atoms with van der Waals surface area (Å²) in [5.41, 5.74) is 4.10. The summed E-state index contributed by atoms with van der Waals surface area (Å²) in [6, 6.07) is 15.9. The number of benzene rings is 2. The Morgan fingerprint density at radius 3 is 2.78 bits per heavy atom. The van der Waals surface area contributed by atoms with Gasteiger partial charge in [0.05, 0.1) is 30.1 Å². The van der Waals surface area contributed by atoms with E-state index in [1.165, 1.54) is 12.1 Å². The van der Waals surface area contributed by atoms with Crippen molar-refractivity contribution in [1.29, 1.82) is 0 Å². The van der Waals surface area contributed by atoms with Crippen molar-refractivity contribution in [3.8, 4) is 17.0 Å². The second kappa shape index (κ2) is 10.1. The molecular formula is C28H29FN4O3. The summed E-state index contributed by atoms with van der Waals surface area (Å²) in [6.07, 6.45) is 1.86. The number of carbonyl (C=O) groups is 1. The molecule has 0 radical (unpaired) electrons.